The molecule has 0 bridgehead atoms. The fourth-order valence-corrected chi connectivity index (χ4v) is 12.3. The number of Topliss-reactive ketones (excluding diaryl/α,β-unsaturated/α-hetero) is 1. The van der Waals surface area contributed by atoms with Crippen LogP contribution in [0.3, 0.4) is 0 Å². The third-order valence-electron chi connectivity index (χ3n) is 14.9. The smallest absolute Gasteiger partial charge is 0.259 e. The highest BCUT2D eigenvalue weighted by atomic mass is 32.2. The third kappa shape index (κ3) is 6.61. The van der Waals surface area contributed by atoms with Gasteiger partial charge in [0.1, 0.15) is 23.9 Å². The van der Waals surface area contributed by atoms with Crippen LogP contribution in [0.5, 0.6) is 0 Å². The number of sulfonamides is 1. The number of hydrogen-bond acceptors (Lipinski definition) is 9. The summed E-state index contributed by atoms with van der Waals surface area (Å²) in [4.78, 5) is 80.8. The van der Waals surface area contributed by atoms with Gasteiger partial charge in [0.15, 0.2) is 5.78 Å². The highest BCUT2D eigenvalue weighted by Crippen LogP contribution is 2.88. The van der Waals surface area contributed by atoms with Crippen LogP contribution in [0.1, 0.15) is 128 Å². The lowest BCUT2D eigenvalue weighted by Gasteiger charge is -2.38. The Morgan fingerprint density at radius 1 is 0.964 bits per heavy atom. The van der Waals surface area contributed by atoms with Gasteiger partial charge >= 0.3 is 0 Å². The first-order chi connectivity index (χ1) is 25.8. The van der Waals surface area contributed by atoms with E-state index in [1.54, 1.807) is 11.0 Å². The summed E-state index contributed by atoms with van der Waals surface area (Å²) in [6.07, 6.45) is 15.0. The minimum Gasteiger partial charge on any atom is -0.344 e. The molecular weight excluding hydrogens is 721 g/mol. The minimum atomic E-state index is -3.87. The van der Waals surface area contributed by atoms with Gasteiger partial charge < -0.3 is 15.5 Å². The first-order valence-electron chi connectivity index (χ1n) is 20.2. The van der Waals surface area contributed by atoms with Crippen LogP contribution in [0.2, 0.25) is 0 Å². The van der Waals surface area contributed by atoms with E-state index in [-0.39, 0.29) is 52.6 Å². The quantitative estimate of drug-likeness (QED) is 0.195. The predicted molar refractivity (Wildman–Crippen MR) is 204 cm³/mol. The number of carbonyl (C=O) groups is 5. The molecule has 1 aromatic rings. The van der Waals surface area contributed by atoms with Gasteiger partial charge in [0.05, 0.1) is 10.8 Å². The van der Waals surface area contributed by atoms with Crippen molar-refractivity contribution in [2.75, 3.05) is 6.54 Å². The molecule has 6 atom stereocenters. The van der Waals surface area contributed by atoms with Crippen molar-refractivity contribution in [2.24, 2.45) is 39.4 Å². The van der Waals surface area contributed by atoms with Crippen molar-refractivity contribution in [3.05, 3.63) is 36.9 Å². The molecule has 14 heteroatoms. The lowest BCUT2D eigenvalue weighted by molar-refractivity contribution is -0.145. The highest BCUT2D eigenvalue weighted by Gasteiger charge is 2.85. The number of aromatic nitrogens is 2. The highest BCUT2D eigenvalue weighted by molar-refractivity contribution is 7.91. The minimum absolute atomic E-state index is 0.0156. The van der Waals surface area contributed by atoms with Gasteiger partial charge in [-0.3, -0.25) is 28.7 Å². The Kier molecular flexibility index (Phi) is 9.89. The van der Waals surface area contributed by atoms with Crippen molar-refractivity contribution < 1.29 is 32.4 Å². The molecule has 0 radical (unpaired) electrons. The van der Waals surface area contributed by atoms with E-state index in [2.05, 4.69) is 45.8 Å². The van der Waals surface area contributed by atoms with Crippen molar-refractivity contribution in [3.8, 4) is 0 Å². The summed E-state index contributed by atoms with van der Waals surface area (Å²) in [7, 11) is -3.87. The van der Waals surface area contributed by atoms with E-state index >= 15 is 4.79 Å². The summed E-state index contributed by atoms with van der Waals surface area (Å²) in [5.41, 5.74) is -2.41. The van der Waals surface area contributed by atoms with E-state index in [1.165, 1.54) is 18.7 Å². The first kappa shape index (κ1) is 39.6. The molecule has 0 aromatic carbocycles. The van der Waals surface area contributed by atoms with Crippen LogP contribution in [0.4, 0.5) is 0 Å². The molecule has 2 spiro atoms. The Morgan fingerprint density at radius 3 is 2.15 bits per heavy atom. The summed E-state index contributed by atoms with van der Waals surface area (Å²) >= 11 is 0. The Balaban J connectivity index is 1.16. The normalized spacial score (nSPS) is 30.5. The average Bonchev–Trinajstić information content (AvgIpc) is 4.07. The van der Waals surface area contributed by atoms with E-state index in [9.17, 15) is 27.6 Å². The van der Waals surface area contributed by atoms with E-state index < -0.39 is 62.0 Å². The zero-order chi connectivity index (χ0) is 39.8. The monoisotopic (exact) mass is 778 g/mol. The first-order valence-corrected chi connectivity index (χ1v) is 21.8. The van der Waals surface area contributed by atoms with Crippen LogP contribution in [-0.4, -0.2) is 82.1 Å². The number of amides is 4. The molecule has 6 aliphatic rings. The molecule has 300 valence electrons. The van der Waals surface area contributed by atoms with Crippen LogP contribution in [0, 0.1) is 39.4 Å². The molecule has 55 heavy (non-hydrogen) atoms. The van der Waals surface area contributed by atoms with Crippen molar-refractivity contribution in [1.29, 1.82) is 0 Å². The van der Waals surface area contributed by atoms with Gasteiger partial charge in [-0.2, -0.15) is 0 Å². The van der Waals surface area contributed by atoms with Crippen LogP contribution in [0.25, 0.3) is 0 Å². The third-order valence-corrected chi connectivity index (χ3v) is 16.7. The number of nitrogens with zero attached hydrogens (tertiary/aromatic N) is 3. The van der Waals surface area contributed by atoms with Gasteiger partial charge in [-0.25, -0.2) is 18.4 Å². The number of ketones is 1. The van der Waals surface area contributed by atoms with Crippen LogP contribution in [-0.2, 0) is 29.2 Å². The fraction of sp³-hybridized carbons (Fsp3) is 0.732. The van der Waals surface area contributed by atoms with E-state index in [4.69, 9.17) is 0 Å². The molecule has 0 unspecified atom stereocenters. The number of rotatable bonds is 13. The molecule has 4 amide bonds. The Hall–Kier alpha value is -3.68. The zero-order valence-electron chi connectivity index (χ0n) is 33.0. The zero-order valence-corrected chi connectivity index (χ0v) is 33.8. The molecule has 6 fully saturated rings. The van der Waals surface area contributed by atoms with E-state index in [0.717, 1.165) is 51.4 Å². The Morgan fingerprint density at radius 2 is 1.62 bits per heavy atom. The van der Waals surface area contributed by atoms with Crippen molar-refractivity contribution in [2.45, 2.75) is 141 Å². The maximum absolute atomic E-state index is 15.1. The molecule has 1 aliphatic heterocycles. The molecule has 13 nitrogen and oxygen atoms in total. The molecule has 1 saturated heterocycles. The van der Waals surface area contributed by atoms with Crippen LogP contribution < -0.4 is 15.4 Å². The fourth-order valence-electron chi connectivity index (χ4n) is 10.9. The van der Waals surface area contributed by atoms with Gasteiger partial charge in [-0.05, 0) is 73.5 Å². The summed E-state index contributed by atoms with van der Waals surface area (Å²) in [5, 5.41) is 5.43. The summed E-state index contributed by atoms with van der Waals surface area (Å²) in [5.74, 6) is -3.43. The second kappa shape index (κ2) is 13.8. The van der Waals surface area contributed by atoms with Gasteiger partial charge in [-0.1, -0.05) is 66.4 Å². The maximum Gasteiger partial charge on any atom is 0.259 e. The second-order valence-corrected chi connectivity index (χ2v) is 21.0. The lowest BCUT2D eigenvalue weighted by Crippen LogP contribution is -2.60. The molecular formula is C41H58N6O7S. The number of likely N-dealkylation sites (tertiary alicyclic amines) is 1. The summed E-state index contributed by atoms with van der Waals surface area (Å²) in [6.45, 7) is 14.2. The molecule has 5 saturated carbocycles. The Bertz CT molecular complexity index is 1860. The SMILES string of the molecule is C=C[C@@H]1C[C@]1(NC(=O)[C@@H]1C[C@@]2(CN1C(=O)[C@@H](NC(=O)[C@@H](CC(=O)c1cncnc1)C1CCCCC1)C(C)(C)C)C(C)(C)C21CCC1)C(=O)NS(=O)(=O)C1CC1. The maximum atomic E-state index is 15.1. The second-order valence-electron chi connectivity index (χ2n) is 19.1. The van der Waals surface area contributed by atoms with Gasteiger partial charge in [0, 0.05) is 42.6 Å². The number of fused-ring (bicyclic) bond motifs is 1. The largest absolute Gasteiger partial charge is 0.344 e. The van der Waals surface area contributed by atoms with Crippen LogP contribution >= 0.6 is 0 Å². The average molecular weight is 779 g/mol. The van der Waals surface area contributed by atoms with Gasteiger partial charge in [-0.15, -0.1) is 6.58 Å². The summed E-state index contributed by atoms with van der Waals surface area (Å²) < 4.78 is 27.8. The van der Waals surface area contributed by atoms with Crippen molar-refractivity contribution in [1.82, 2.24) is 30.2 Å². The number of carbonyl (C=O) groups excluding carboxylic acids is 5. The lowest BCUT2D eigenvalue weighted by atomic mass is 9.73. The Labute approximate surface area is 325 Å². The molecule has 2 heterocycles. The molecule has 5 aliphatic carbocycles. The predicted octanol–water partition coefficient (Wildman–Crippen LogP) is 4.24. The molecule has 7 rings (SSSR count). The summed E-state index contributed by atoms with van der Waals surface area (Å²) in [6, 6.07) is -1.97. The van der Waals surface area contributed by atoms with E-state index in [1.807, 2.05) is 20.8 Å². The molecule has 1 aromatic heterocycles. The van der Waals surface area contributed by atoms with Gasteiger partial charge in [0.2, 0.25) is 27.7 Å². The number of nitrogens with one attached hydrogen (secondary N) is 3. The van der Waals surface area contributed by atoms with Gasteiger partial charge in [0.25, 0.3) is 5.91 Å². The molecule has 3 N–H and O–H groups in total. The van der Waals surface area contributed by atoms with E-state index in [0.29, 0.717) is 31.4 Å². The standard InChI is InChI=1S/C41H58N6O7S/c1-7-27-19-41(27,36(52)46-55(53,54)28-14-15-28)45-34(50)30-20-40(38(5,6)39(40)16-11-17-39)23-47(30)35(51)32(37(2,3)4)44-33(49)29(25-12-9-8-10-13-25)18-31(48)26-21-42-24-43-22-26/h7,21-22,24-25,27-30,32H,1,8-20,23H2,2-6H3,(H,44,49)(H,45,50)(H,46,52)/t27-,29+,30+,32-,40-,41-/m1/s1. The van der Waals surface area contributed by atoms with Crippen LogP contribution in [0.15, 0.2) is 31.4 Å². The van der Waals surface area contributed by atoms with Crippen molar-refractivity contribution >= 4 is 39.4 Å². The topological polar surface area (TPSA) is 185 Å². The van der Waals surface area contributed by atoms with Crippen molar-refractivity contribution in [3.63, 3.8) is 0 Å². The number of hydrogen-bond donors (Lipinski definition) is 3.